The fraction of sp³-hybridized carbons (Fsp3) is 0.478. The van der Waals surface area contributed by atoms with E-state index in [-0.39, 0.29) is 19.0 Å². The summed E-state index contributed by atoms with van der Waals surface area (Å²) in [5.74, 6) is -1.22. The predicted molar refractivity (Wildman–Crippen MR) is 114 cm³/mol. The van der Waals surface area contributed by atoms with Crippen LogP contribution in [0.2, 0.25) is 0 Å². The van der Waals surface area contributed by atoms with Crippen molar-refractivity contribution >= 4 is 28.7 Å². The molecule has 1 amide bonds. The Morgan fingerprint density at radius 2 is 1.83 bits per heavy atom. The number of carbonyl (C=O) groups is 3. The number of aryl methyl sites for hydroxylation is 1. The number of carbonyl (C=O) groups excluding carboxylic acids is 3. The summed E-state index contributed by atoms with van der Waals surface area (Å²) in [5, 5.41) is 3.38. The molecule has 2 aromatic rings. The highest BCUT2D eigenvalue weighted by atomic mass is 16.5. The van der Waals surface area contributed by atoms with Crippen molar-refractivity contribution in [2.75, 3.05) is 19.8 Å². The molecule has 1 N–H and O–H groups in total. The SMILES string of the molecule is CCCc1nc2ccccc2c(C(=O)OCC(=O)NCCCC(=O)OCC)c1CC. The number of esters is 2. The van der Waals surface area contributed by atoms with Crippen LogP contribution < -0.4 is 5.32 Å². The van der Waals surface area contributed by atoms with Gasteiger partial charge in [0.05, 0.1) is 17.7 Å². The lowest BCUT2D eigenvalue weighted by molar-refractivity contribution is -0.143. The molecule has 0 atom stereocenters. The van der Waals surface area contributed by atoms with E-state index in [9.17, 15) is 14.4 Å². The molecule has 0 bridgehead atoms. The lowest BCUT2D eigenvalue weighted by atomic mass is 9.96. The second-order valence-corrected chi connectivity index (χ2v) is 6.87. The van der Waals surface area contributed by atoms with Crippen LogP contribution >= 0.6 is 0 Å². The van der Waals surface area contributed by atoms with Crippen molar-refractivity contribution in [1.29, 1.82) is 0 Å². The van der Waals surface area contributed by atoms with Crippen LogP contribution in [0.15, 0.2) is 24.3 Å². The molecular formula is C23H30N2O5. The van der Waals surface area contributed by atoms with Crippen molar-refractivity contribution in [3.05, 3.63) is 41.1 Å². The Hall–Kier alpha value is -2.96. The molecule has 0 saturated heterocycles. The molecule has 0 spiro atoms. The van der Waals surface area contributed by atoms with E-state index in [4.69, 9.17) is 14.5 Å². The molecule has 0 unspecified atom stereocenters. The molecule has 162 valence electrons. The Kier molecular flexibility index (Phi) is 9.25. The minimum absolute atomic E-state index is 0.233. The van der Waals surface area contributed by atoms with Crippen molar-refractivity contribution in [3.63, 3.8) is 0 Å². The van der Waals surface area contributed by atoms with Gasteiger partial charge in [-0.2, -0.15) is 0 Å². The summed E-state index contributed by atoms with van der Waals surface area (Å²) in [7, 11) is 0. The Morgan fingerprint density at radius 3 is 2.53 bits per heavy atom. The number of nitrogens with one attached hydrogen (secondary N) is 1. The highest BCUT2D eigenvalue weighted by Gasteiger charge is 2.21. The van der Waals surface area contributed by atoms with Crippen LogP contribution in [0.3, 0.4) is 0 Å². The maximum Gasteiger partial charge on any atom is 0.339 e. The summed E-state index contributed by atoms with van der Waals surface area (Å²) in [5.41, 5.74) is 3.00. The molecule has 0 fully saturated rings. The Labute approximate surface area is 177 Å². The van der Waals surface area contributed by atoms with E-state index in [1.165, 1.54) is 0 Å². The molecule has 7 heteroatoms. The number of rotatable bonds is 11. The summed E-state index contributed by atoms with van der Waals surface area (Å²) in [4.78, 5) is 40.9. The number of nitrogens with zero attached hydrogens (tertiary/aromatic N) is 1. The van der Waals surface area contributed by atoms with Crippen LogP contribution in [0.4, 0.5) is 0 Å². The second-order valence-electron chi connectivity index (χ2n) is 6.87. The van der Waals surface area contributed by atoms with Gasteiger partial charge in [-0.3, -0.25) is 14.6 Å². The number of fused-ring (bicyclic) bond motifs is 1. The van der Waals surface area contributed by atoms with Gasteiger partial charge in [0.15, 0.2) is 6.61 Å². The molecule has 1 aromatic carbocycles. The predicted octanol–water partition coefficient (Wildman–Crippen LogP) is 3.37. The van der Waals surface area contributed by atoms with Crippen molar-refractivity contribution in [3.8, 4) is 0 Å². The van der Waals surface area contributed by atoms with Crippen LogP contribution in [-0.4, -0.2) is 42.6 Å². The zero-order valence-corrected chi connectivity index (χ0v) is 18.0. The van der Waals surface area contributed by atoms with Gasteiger partial charge in [-0.1, -0.05) is 38.5 Å². The Bertz CT molecular complexity index is 895. The highest BCUT2D eigenvalue weighted by Crippen LogP contribution is 2.26. The van der Waals surface area contributed by atoms with Gasteiger partial charge in [0.25, 0.3) is 5.91 Å². The van der Waals surface area contributed by atoms with Crippen molar-refractivity contribution < 1.29 is 23.9 Å². The average molecular weight is 415 g/mol. The van der Waals surface area contributed by atoms with E-state index in [1.807, 2.05) is 31.2 Å². The molecule has 0 saturated carbocycles. The van der Waals surface area contributed by atoms with Crippen LogP contribution in [0, 0.1) is 0 Å². The number of benzene rings is 1. The largest absolute Gasteiger partial charge is 0.466 e. The maximum atomic E-state index is 12.9. The molecule has 1 aromatic heterocycles. The van der Waals surface area contributed by atoms with Crippen molar-refractivity contribution in [2.45, 2.75) is 52.9 Å². The zero-order chi connectivity index (χ0) is 21.9. The smallest absolute Gasteiger partial charge is 0.339 e. The Balaban J connectivity index is 2.04. The van der Waals surface area contributed by atoms with Gasteiger partial charge in [-0.15, -0.1) is 0 Å². The van der Waals surface area contributed by atoms with Gasteiger partial charge in [0.2, 0.25) is 0 Å². The highest BCUT2D eigenvalue weighted by molar-refractivity contribution is 6.05. The fourth-order valence-corrected chi connectivity index (χ4v) is 3.31. The van der Waals surface area contributed by atoms with Crippen LogP contribution in [-0.2, 0) is 31.9 Å². The van der Waals surface area contributed by atoms with E-state index < -0.39 is 11.9 Å². The number of aromatic nitrogens is 1. The lowest BCUT2D eigenvalue weighted by Crippen LogP contribution is -2.30. The first-order valence-electron chi connectivity index (χ1n) is 10.5. The molecular weight excluding hydrogens is 384 g/mol. The third kappa shape index (κ3) is 6.27. The summed E-state index contributed by atoms with van der Waals surface area (Å²) in [6.07, 6.45) is 3.04. The fourth-order valence-electron chi connectivity index (χ4n) is 3.31. The minimum atomic E-state index is -0.524. The molecule has 0 aliphatic carbocycles. The average Bonchev–Trinajstić information content (AvgIpc) is 2.74. The number of hydrogen-bond donors (Lipinski definition) is 1. The van der Waals surface area contributed by atoms with Gasteiger partial charge in [-0.25, -0.2) is 4.79 Å². The molecule has 0 aliphatic heterocycles. The maximum absolute atomic E-state index is 12.9. The first kappa shape index (κ1) is 23.3. The molecule has 30 heavy (non-hydrogen) atoms. The molecule has 7 nitrogen and oxygen atoms in total. The molecule has 0 aliphatic rings. The third-order valence-electron chi connectivity index (χ3n) is 4.64. The summed E-state index contributed by atoms with van der Waals surface area (Å²) in [6, 6.07) is 7.47. The van der Waals surface area contributed by atoms with Gasteiger partial charge < -0.3 is 14.8 Å². The van der Waals surface area contributed by atoms with Gasteiger partial charge >= 0.3 is 11.9 Å². The molecule has 1 heterocycles. The quantitative estimate of drug-likeness (QED) is 0.447. The van der Waals surface area contributed by atoms with E-state index in [0.29, 0.717) is 31.6 Å². The van der Waals surface area contributed by atoms with Crippen LogP contribution in [0.25, 0.3) is 10.9 Å². The number of hydrogen-bond acceptors (Lipinski definition) is 6. The minimum Gasteiger partial charge on any atom is -0.466 e. The Morgan fingerprint density at radius 1 is 1.07 bits per heavy atom. The standard InChI is InChI=1S/C23H30N2O5/c1-4-10-18-16(5-2)22(17-11-7-8-12-19(17)25-18)23(28)30-15-20(26)24-14-9-13-21(27)29-6-3/h7-8,11-12H,4-6,9-10,13-15H2,1-3H3,(H,24,26). The first-order chi connectivity index (χ1) is 14.5. The van der Waals surface area contributed by atoms with Gasteiger partial charge in [-0.05, 0) is 37.8 Å². The summed E-state index contributed by atoms with van der Waals surface area (Å²) >= 11 is 0. The van der Waals surface area contributed by atoms with Gasteiger partial charge in [0, 0.05) is 24.0 Å². The summed E-state index contributed by atoms with van der Waals surface area (Å²) < 4.78 is 10.2. The van der Waals surface area contributed by atoms with Crippen molar-refractivity contribution in [1.82, 2.24) is 10.3 Å². The van der Waals surface area contributed by atoms with E-state index in [0.717, 1.165) is 35.0 Å². The number of pyridine rings is 1. The zero-order valence-electron chi connectivity index (χ0n) is 18.0. The van der Waals surface area contributed by atoms with Gasteiger partial charge in [0.1, 0.15) is 0 Å². The first-order valence-corrected chi connectivity index (χ1v) is 10.5. The second kappa shape index (κ2) is 11.9. The van der Waals surface area contributed by atoms with E-state index in [1.54, 1.807) is 6.92 Å². The summed E-state index contributed by atoms with van der Waals surface area (Å²) in [6.45, 7) is 6.08. The van der Waals surface area contributed by atoms with E-state index in [2.05, 4.69) is 12.2 Å². The molecule has 2 rings (SSSR count). The molecule has 0 radical (unpaired) electrons. The third-order valence-corrected chi connectivity index (χ3v) is 4.64. The van der Waals surface area contributed by atoms with Crippen LogP contribution in [0.1, 0.15) is 61.6 Å². The topological polar surface area (TPSA) is 94.6 Å². The normalized spacial score (nSPS) is 10.6. The number of ether oxygens (including phenoxy) is 2. The number of amides is 1. The van der Waals surface area contributed by atoms with E-state index >= 15 is 0 Å². The lowest BCUT2D eigenvalue weighted by Gasteiger charge is -2.15. The van der Waals surface area contributed by atoms with Crippen molar-refractivity contribution in [2.24, 2.45) is 0 Å². The number of para-hydroxylation sites is 1. The monoisotopic (exact) mass is 414 g/mol. The van der Waals surface area contributed by atoms with Crippen LogP contribution in [0.5, 0.6) is 0 Å².